The van der Waals surface area contributed by atoms with Gasteiger partial charge in [0.2, 0.25) is 0 Å². The number of nitrogens with two attached hydrogens (primary N) is 1. The first kappa shape index (κ1) is 12.3. The molecule has 0 radical (unpaired) electrons. The Morgan fingerprint density at radius 1 is 1.38 bits per heavy atom. The second-order valence-corrected chi connectivity index (χ2v) is 4.33. The molecule has 1 aromatic rings. The monoisotopic (exact) mass is 225 g/mol. The summed E-state index contributed by atoms with van der Waals surface area (Å²) in [5.41, 5.74) is 2.33. The summed E-state index contributed by atoms with van der Waals surface area (Å²) in [7, 11) is 0. The van der Waals surface area contributed by atoms with Gasteiger partial charge in [-0.2, -0.15) is 0 Å². The highest BCUT2D eigenvalue weighted by Gasteiger charge is 2.16. The van der Waals surface area contributed by atoms with E-state index in [1.54, 1.807) is 6.07 Å². The van der Waals surface area contributed by atoms with E-state index in [-0.39, 0.29) is 5.69 Å². The molecule has 0 saturated heterocycles. The van der Waals surface area contributed by atoms with Gasteiger partial charge in [-0.3, -0.25) is 16.0 Å². The Morgan fingerprint density at radius 2 is 2.00 bits per heavy atom. The standard InChI is InChI=1S/C10H15N3O3/c1-10(2,3)16-9-5-7(12-11)4-8(6-9)13(14)15/h4-6,12H,11H2,1-3H3. The number of hydrogen-bond donors (Lipinski definition) is 2. The fourth-order valence-corrected chi connectivity index (χ4v) is 1.18. The van der Waals surface area contributed by atoms with Gasteiger partial charge in [-0.05, 0) is 20.8 Å². The summed E-state index contributed by atoms with van der Waals surface area (Å²) < 4.78 is 5.54. The minimum Gasteiger partial charge on any atom is -0.488 e. The minimum absolute atomic E-state index is 0.0605. The Hall–Kier alpha value is -1.82. The van der Waals surface area contributed by atoms with Crippen LogP contribution in [0.2, 0.25) is 0 Å². The summed E-state index contributed by atoms with van der Waals surface area (Å²) in [6, 6.07) is 4.32. The third-order valence-corrected chi connectivity index (χ3v) is 1.69. The van der Waals surface area contributed by atoms with Crippen molar-refractivity contribution in [2.45, 2.75) is 26.4 Å². The lowest BCUT2D eigenvalue weighted by Gasteiger charge is -2.21. The summed E-state index contributed by atoms with van der Waals surface area (Å²) in [5.74, 6) is 5.64. The number of non-ortho nitro benzene ring substituents is 1. The molecule has 0 spiro atoms. The Bertz CT molecular complexity index is 399. The van der Waals surface area contributed by atoms with Crippen LogP contribution in [0.5, 0.6) is 5.75 Å². The molecule has 0 aromatic heterocycles. The molecule has 0 atom stereocenters. The molecule has 0 aliphatic heterocycles. The molecule has 0 fully saturated rings. The second-order valence-electron chi connectivity index (χ2n) is 4.33. The van der Waals surface area contributed by atoms with Crippen molar-refractivity contribution in [1.29, 1.82) is 0 Å². The van der Waals surface area contributed by atoms with Crippen LogP contribution in [-0.2, 0) is 0 Å². The largest absolute Gasteiger partial charge is 0.488 e. The predicted molar refractivity (Wildman–Crippen MR) is 61.3 cm³/mol. The molecule has 0 unspecified atom stereocenters. The molecular weight excluding hydrogens is 210 g/mol. The molecule has 3 N–H and O–H groups in total. The summed E-state index contributed by atoms with van der Waals surface area (Å²) in [6.45, 7) is 5.59. The predicted octanol–water partition coefficient (Wildman–Crippen LogP) is 2.06. The number of nitro benzene ring substituents is 1. The van der Waals surface area contributed by atoms with E-state index in [2.05, 4.69) is 5.43 Å². The SMILES string of the molecule is CC(C)(C)Oc1cc(NN)cc([N+](=O)[O-])c1. The van der Waals surface area contributed by atoms with E-state index >= 15 is 0 Å². The van der Waals surface area contributed by atoms with Crippen LogP contribution in [0.3, 0.4) is 0 Å². The number of rotatable bonds is 3. The lowest BCUT2D eigenvalue weighted by molar-refractivity contribution is -0.384. The topological polar surface area (TPSA) is 90.4 Å². The van der Waals surface area contributed by atoms with Crippen molar-refractivity contribution in [3.63, 3.8) is 0 Å². The van der Waals surface area contributed by atoms with Crippen LogP contribution in [0.1, 0.15) is 20.8 Å². The van der Waals surface area contributed by atoms with Crippen molar-refractivity contribution < 1.29 is 9.66 Å². The van der Waals surface area contributed by atoms with Gasteiger partial charge in [0.1, 0.15) is 11.4 Å². The van der Waals surface area contributed by atoms with Crippen LogP contribution < -0.4 is 16.0 Å². The number of hydrazine groups is 1. The summed E-state index contributed by atoms with van der Waals surface area (Å²) >= 11 is 0. The van der Waals surface area contributed by atoms with E-state index in [4.69, 9.17) is 10.6 Å². The number of nitrogen functional groups attached to an aromatic ring is 1. The highest BCUT2D eigenvalue weighted by Crippen LogP contribution is 2.27. The number of benzene rings is 1. The van der Waals surface area contributed by atoms with Crippen molar-refractivity contribution in [2.24, 2.45) is 5.84 Å². The lowest BCUT2D eigenvalue weighted by Crippen LogP contribution is -2.23. The smallest absolute Gasteiger partial charge is 0.275 e. The molecule has 0 aliphatic rings. The Balaban J connectivity index is 3.09. The number of ether oxygens (including phenoxy) is 1. The molecular formula is C10H15N3O3. The van der Waals surface area contributed by atoms with E-state index in [1.165, 1.54) is 12.1 Å². The highest BCUT2D eigenvalue weighted by atomic mass is 16.6. The summed E-state index contributed by atoms with van der Waals surface area (Å²) in [5, 5.41) is 10.7. The van der Waals surface area contributed by atoms with E-state index in [9.17, 15) is 10.1 Å². The van der Waals surface area contributed by atoms with E-state index < -0.39 is 10.5 Å². The third-order valence-electron chi connectivity index (χ3n) is 1.69. The zero-order valence-corrected chi connectivity index (χ0v) is 9.48. The lowest BCUT2D eigenvalue weighted by atomic mass is 10.2. The van der Waals surface area contributed by atoms with Gasteiger partial charge >= 0.3 is 0 Å². The molecule has 16 heavy (non-hydrogen) atoms. The van der Waals surface area contributed by atoms with Crippen molar-refractivity contribution in [1.82, 2.24) is 0 Å². The van der Waals surface area contributed by atoms with E-state index in [0.29, 0.717) is 11.4 Å². The first-order chi connectivity index (χ1) is 7.31. The average Bonchev–Trinajstić information content (AvgIpc) is 2.14. The second kappa shape index (κ2) is 4.36. The average molecular weight is 225 g/mol. The number of nitro groups is 1. The molecule has 88 valence electrons. The van der Waals surface area contributed by atoms with Crippen molar-refractivity contribution in [3.8, 4) is 5.75 Å². The van der Waals surface area contributed by atoms with Crippen molar-refractivity contribution >= 4 is 11.4 Å². The minimum atomic E-state index is -0.490. The van der Waals surface area contributed by atoms with Gasteiger partial charge in [0.05, 0.1) is 16.7 Å². The first-order valence-corrected chi connectivity index (χ1v) is 4.77. The van der Waals surface area contributed by atoms with Crippen LogP contribution in [0.25, 0.3) is 0 Å². The molecule has 0 heterocycles. The van der Waals surface area contributed by atoms with Crippen LogP contribution in [0.15, 0.2) is 18.2 Å². The zero-order chi connectivity index (χ0) is 12.3. The molecule has 0 saturated carbocycles. The van der Waals surface area contributed by atoms with Crippen LogP contribution in [0, 0.1) is 10.1 Å². The molecule has 0 amide bonds. The van der Waals surface area contributed by atoms with Gasteiger partial charge in [0.25, 0.3) is 5.69 Å². The summed E-state index contributed by atoms with van der Waals surface area (Å²) in [4.78, 5) is 10.2. The van der Waals surface area contributed by atoms with Crippen LogP contribution in [0.4, 0.5) is 11.4 Å². The number of hydrogen-bond acceptors (Lipinski definition) is 5. The maximum Gasteiger partial charge on any atom is 0.275 e. The third kappa shape index (κ3) is 3.39. The maximum atomic E-state index is 10.7. The normalized spacial score (nSPS) is 11.0. The van der Waals surface area contributed by atoms with Gasteiger partial charge < -0.3 is 10.2 Å². The van der Waals surface area contributed by atoms with Gasteiger partial charge in [0.15, 0.2) is 0 Å². The molecule has 6 heteroatoms. The number of nitrogens with one attached hydrogen (secondary N) is 1. The number of nitrogens with zero attached hydrogens (tertiary/aromatic N) is 1. The van der Waals surface area contributed by atoms with Crippen LogP contribution in [-0.4, -0.2) is 10.5 Å². The fourth-order valence-electron chi connectivity index (χ4n) is 1.18. The summed E-state index contributed by atoms with van der Waals surface area (Å²) in [6.07, 6.45) is 0. The fraction of sp³-hybridized carbons (Fsp3) is 0.400. The van der Waals surface area contributed by atoms with Gasteiger partial charge in [-0.15, -0.1) is 0 Å². The Morgan fingerprint density at radius 3 is 2.44 bits per heavy atom. The van der Waals surface area contributed by atoms with Crippen molar-refractivity contribution in [2.75, 3.05) is 5.43 Å². The molecule has 1 aromatic carbocycles. The molecule has 0 bridgehead atoms. The molecule has 1 rings (SSSR count). The Kier molecular flexibility index (Phi) is 3.34. The number of anilines is 1. The Labute approximate surface area is 93.5 Å². The zero-order valence-electron chi connectivity index (χ0n) is 9.48. The van der Waals surface area contributed by atoms with Crippen LogP contribution >= 0.6 is 0 Å². The quantitative estimate of drug-likeness (QED) is 0.466. The molecule has 6 nitrogen and oxygen atoms in total. The van der Waals surface area contributed by atoms with E-state index in [0.717, 1.165) is 0 Å². The first-order valence-electron chi connectivity index (χ1n) is 4.77. The van der Waals surface area contributed by atoms with E-state index in [1.807, 2.05) is 20.8 Å². The highest BCUT2D eigenvalue weighted by molar-refractivity contribution is 5.55. The molecule has 0 aliphatic carbocycles. The van der Waals surface area contributed by atoms with Gasteiger partial charge in [-0.25, -0.2) is 0 Å². The van der Waals surface area contributed by atoms with Gasteiger partial charge in [0, 0.05) is 12.1 Å². The van der Waals surface area contributed by atoms with Gasteiger partial charge in [-0.1, -0.05) is 0 Å². The maximum absolute atomic E-state index is 10.7. The van der Waals surface area contributed by atoms with Crippen molar-refractivity contribution in [3.05, 3.63) is 28.3 Å².